The quantitative estimate of drug-likeness (QED) is 0.906. The number of likely N-dealkylation sites (tertiary alicyclic amines) is 1. The zero-order chi connectivity index (χ0) is 17.2. The second kappa shape index (κ2) is 6.57. The average Bonchev–Trinajstić information content (AvgIpc) is 2.91. The molecule has 0 unspecified atom stereocenters. The minimum absolute atomic E-state index is 0.130. The zero-order valence-corrected chi connectivity index (χ0v) is 12.5. The van der Waals surface area contributed by atoms with E-state index >= 15 is 0 Å². The monoisotopic (exact) mass is 330 g/mol. The van der Waals surface area contributed by atoms with Gasteiger partial charge in [-0.1, -0.05) is 18.2 Å². The zero-order valence-electron chi connectivity index (χ0n) is 12.5. The molecule has 5 nitrogen and oxygen atoms in total. The van der Waals surface area contributed by atoms with Crippen molar-refractivity contribution >= 4 is 11.8 Å². The van der Waals surface area contributed by atoms with E-state index in [-0.39, 0.29) is 24.6 Å². The van der Waals surface area contributed by atoms with E-state index in [4.69, 9.17) is 10.5 Å². The SMILES string of the molecule is CO[C@H]1C[C@@H](C(N)=O)N(C(=O)Cc2ccccc2C(F)(F)F)C1. The van der Waals surface area contributed by atoms with Crippen LogP contribution in [0.2, 0.25) is 0 Å². The average molecular weight is 330 g/mol. The number of carbonyl (C=O) groups excluding carboxylic acids is 2. The van der Waals surface area contributed by atoms with Crippen LogP contribution in [0.4, 0.5) is 13.2 Å². The van der Waals surface area contributed by atoms with Gasteiger partial charge in [-0.15, -0.1) is 0 Å². The summed E-state index contributed by atoms with van der Waals surface area (Å²) in [6, 6.07) is 4.02. The number of benzene rings is 1. The third-order valence-electron chi connectivity index (χ3n) is 3.91. The molecule has 0 spiro atoms. The molecule has 2 atom stereocenters. The normalized spacial score (nSPS) is 21.5. The Balaban J connectivity index is 2.21. The number of primary amides is 1. The van der Waals surface area contributed by atoms with Crippen molar-refractivity contribution < 1.29 is 27.5 Å². The molecule has 1 aromatic carbocycles. The van der Waals surface area contributed by atoms with Gasteiger partial charge in [0.15, 0.2) is 0 Å². The molecule has 1 aliphatic heterocycles. The lowest BCUT2D eigenvalue weighted by molar-refractivity contribution is -0.140. The van der Waals surface area contributed by atoms with Crippen LogP contribution in [0, 0.1) is 0 Å². The highest BCUT2D eigenvalue weighted by atomic mass is 19.4. The topological polar surface area (TPSA) is 72.6 Å². The maximum Gasteiger partial charge on any atom is 0.416 e. The Hall–Kier alpha value is -2.09. The summed E-state index contributed by atoms with van der Waals surface area (Å²) >= 11 is 0. The van der Waals surface area contributed by atoms with Gasteiger partial charge >= 0.3 is 6.18 Å². The van der Waals surface area contributed by atoms with Gasteiger partial charge in [0.1, 0.15) is 6.04 Å². The highest BCUT2D eigenvalue weighted by Gasteiger charge is 2.39. The van der Waals surface area contributed by atoms with Crippen LogP contribution < -0.4 is 5.73 Å². The van der Waals surface area contributed by atoms with Gasteiger partial charge in [-0.05, 0) is 11.6 Å². The van der Waals surface area contributed by atoms with Crippen molar-refractivity contribution in [3.8, 4) is 0 Å². The number of halogens is 3. The summed E-state index contributed by atoms with van der Waals surface area (Å²) in [5.41, 5.74) is 4.28. The highest BCUT2D eigenvalue weighted by Crippen LogP contribution is 2.32. The maximum absolute atomic E-state index is 13.0. The molecule has 0 aromatic heterocycles. The summed E-state index contributed by atoms with van der Waals surface area (Å²) in [7, 11) is 1.44. The number of nitrogens with zero attached hydrogens (tertiary/aromatic N) is 1. The van der Waals surface area contributed by atoms with Crippen molar-refractivity contribution in [2.24, 2.45) is 5.73 Å². The third kappa shape index (κ3) is 3.82. The van der Waals surface area contributed by atoms with E-state index in [0.29, 0.717) is 0 Å². The van der Waals surface area contributed by atoms with Crippen molar-refractivity contribution in [1.29, 1.82) is 0 Å². The summed E-state index contributed by atoms with van der Waals surface area (Å²) < 4.78 is 44.1. The molecule has 1 aliphatic rings. The van der Waals surface area contributed by atoms with Gasteiger partial charge in [-0.2, -0.15) is 13.2 Å². The first-order chi connectivity index (χ1) is 10.7. The standard InChI is InChI=1S/C15H17F3N2O3/c1-23-10-7-12(14(19)22)20(8-10)13(21)6-9-4-2-3-5-11(9)15(16,17)18/h2-5,10,12H,6-8H2,1H3,(H2,19,22)/t10-,12-/m0/s1. The van der Waals surface area contributed by atoms with Gasteiger partial charge in [-0.3, -0.25) is 9.59 Å². The molecule has 2 N–H and O–H groups in total. The molecule has 1 fully saturated rings. The van der Waals surface area contributed by atoms with Gasteiger partial charge in [0.25, 0.3) is 0 Å². The van der Waals surface area contributed by atoms with Crippen LogP contribution in [0.1, 0.15) is 17.5 Å². The van der Waals surface area contributed by atoms with Crippen molar-refractivity contribution in [3.63, 3.8) is 0 Å². The van der Waals surface area contributed by atoms with Crippen LogP contribution >= 0.6 is 0 Å². The Morgan fingerprint density at radius 2 is 2.00 bits per heavy atom. The largest absolute Gasteiger partial charge is 0.416 e. The molecule has 0 bridgehead atoms. The summed E-state index contributed by atoms with van der Waals surface area (Å²) in [5, 5.41) is 0. The minimum Gasteiger partial charge on any atom is -0.380 e. The van der Waals surface area contributed by atoms with Crippen LogP contribution in [0.15, 0.2) is 24.3 Å². The fraction of sp³-hybridized carbons (Fsp3) is 0.467. The molecule has 23 heavy (non-hydrogen) atoms. The third-order valence-corrected chi connectivity index (χ3v) is 3.91. The van der Waals surface area contributed by atoms with Crippen LogP contribution in [0.5, 0.6) is 0 Å². The number of alkyl halides is 3. The van der Waals surface area contributed by atoms with Gasteiger partial charge < -0.3 is 15.4 Å². The number of ether oxygens (including phenoxy) is 1. The van der Waals surface area contributed by atoms with Crippen molar-refractivity contribution in [1.82, 2.24) is 4.90 Å². The van der Waals surface area contributed by atoms with E-state index < -0.39 is 36.0 Å². The first-order valence-electron chi connectivity index (χ1n) is 7.00. The molecule has 1 heterocycles. The molecule has 1 saturated heterocycles. The molecule has 8 heteroatoms. The lowest BCUT2D eigenvalue weighted by Gasteiger charge is -2.22. The van der Waals surface area contributed by atoms with Crippen LogP contribution in [-0.4, -0.2) is 42.5 Å². The lowest BCUT2D eigenvalue weighted by atomic mass is 10.0. The number of carbonyl (C=O) groups is 2. The van der Waals surface area contributed by atoms with E-state index in [1.807, 2.05) is 0 Å². The molecule has 0 saturated carbocycles. The van der Waals surface area contributed by atoms with E-state index in [1.54, 1.807) is 0 Å². The van der Waals surface area contributed by atoms with E-state index in [9.17, 15) is 22.8 Å². The molecule has 0 radical (unpaired) electrons. The van der Waals surface area contributed by atoms with Crippen molar-refractivity contribution in [2.45, 2.75) is 31.2 Å². The van der Waals surface area contributed by atoms with Crippen LogP contribution in [-0.2, 0) is 26.9 Å². The molecule has 0 aliphatic carbocycles. The van der Waals surface area contributed by atoms with Crippen LogP contribution in [0.3, 0.4) is 0 Å². The number of hydrogen-bond donors (Lipinski definition) is 1. The lowest BCUT2D eigenvalue weighted by Crippen LogP contribution is -2.44. The molecule has 1 aromatic rings. The Bertz CT molecular complexity index is 604. The van der Waals surface area contributed by atoms with Crippen molar-refractivity contribution in [3.05, 3.63) is 35.4 Å². The second-order valence-corrected chi connectivity index (χ2v) is 5.39. The number of amides is 2. The molecular formula is C15H17F3N2O3. The van der Waals surface area contributed by atoms with E-state index in [1.165, 1.54) is 30.2 Å². The molecule has 2 amide bonds. The summed E-state index contributed by atoms with van der Waals surface area (Å²) in [5.74, 6) is -1.27. The first kappa shape index (κ1) is 17.3. The van der Waals surface area contributed by atoms with Crippen molar-refractivity contribution in [2.75, 3.05) is 13.7 Å². The summed E-state index contributed by atoms with van der Waals surface area (Å²) in [6.07, 6.45) is -5.09. The fourth-order valence-electron chi connectivity index (χ4n) is 2.73. The number of methoxy groups -OCH3 is 1. The summed E-state index contributed by atoms with van der Waals surface area (Å²) in [4.78, 5) is 25.0. The predicted molar refractivity (Wildman–Crippen MR) is 75.3 cm³/mol. The smallest absolute Gasteiger partial charge is 0.380 e. The van der Waals surface area contributed by atoms with E-state index in [0.717, 1.165) is 6.07 Å². The second-order valence-electron chi connectivity index (χ2n) is 5.39. The fourth-order valence-corrected chi connectivity index (χ4v) is 2.73. The summed E-state index contributed by atoms with van der Waals surface area (Å²) in [6.45, 7) is 0.136. The molecule has 2 rings (SSSR count). The van der Waals surface area contributed by atoms with Gasteiger partial charge in [0.05, 0.1) is 18.1 Å². The number of hydrogen-bond acceptors (Lipinski definition) is 3. The van der Waals surface area contributed by atoms with Crippen LogP contribution in [0.25, 0.3) is 0 Å². The predicted octanol–water partition coefficient (Wildman–Crippen LogP) is 1.35. The Labute approximate surface area is 131 Å². The number of rotatable bonds is 4. The maximum atomic E-state index is 13.0. The highest BCUT2D eigenvalue weighted by molar-refractivity contribution is 5.88. The Morgan fingerprint density at radius 1 is 1.35 bits per heavy atom. The minimum atomic E-state index is -4.54. The molecular weight excluding hydrogens is 313 g/mol. The van der Waals surface area contributed by atoms with Gasteiger partial charge in [0, 0.05) is 20.1 Å². The Kier molecular flexibility index (Phi) is 4.93. The number of nitrogens with two attached hydrogens (primary N) is 1. The van der Waals surface area contributed by atoms with Gasteiger partial charge in [0.2, 0.25) is 11.8 Å². The van der Waals surface area contributed by atoms with Gasteiger partial charge in [-0.25, -0.2) is 0 Å². The Morgan fingerprint density at radius 3 is 2.57 bits per heavy atom. The van der Waals surface area contributed by atoms with E-state index in [2.05, 4.69) is 0 Å². The first-order valence-corrected chi connectivity index (χ1v) is 7.00. The molecule has 126 valence electrons.